The van der Waals surface area contributed by atoms with Crippen LogP contribution in [0.3, 0.4) is 0 Å². The van der Waals surface area contributed by atoms with E-state index < -0.39 is 5.60 Å². The standard InChI is InChI=1S/C15H20ClN3O/c1-11-13(14(16)19(3)18-11)9-17-10-15(2,20)12-7-5-4-6-8-12/h4-8,17,20H,9-10H2,1-3H3. The summed E-state index contributed by atoms with van der Waals surface area (Å²) >= 11 is 6.18. The maximum Gasteiger partial charge on any atom is 0.131 e. The number of nitrogens with zero attached hydrogens (tertiary/aromatic N) is 2. The van der Waals surface area contributed by atoms with Crippen molar-refractivity contribution in [3.8, 4) is 0 Å². The first-order valence-electron chi connectivity index (χ1n) is 6.58. The second-order valence-corrected chi connectivity index (χ2v) is 5.58. The number of hydrogen-bond donors (Lipinski definition) is 2. The molecule has 0 fully saturated rings. The molecule has 4 nitrogen and oxygen atoms in total. The Morgan fingerprint density at radius 1 is 1.35 bits per heavy atom. The average Bonchev–Trinajstić information content (AvgIpc) is 2.66. The Kier molecular flexibility index (Phi) is 4.48. The normalized spacial score (nSPS) is 14.2. The second kappa shape index (κ2) is 5.95. The number of hydrogen-bond acceptors (Lipinski definition) is 3. The van der Waals surface area contributed by atoms with Gasteiger partial charge >= 0.3 is 0 Å². The Morgan fingerprint density at radius 3 is 2.55 bits per heavy atom. The van der Waals surface area contributed by atoms with Crippen LogP contribution in [0, 0.1) is 6.92 Å². The molecule has 1 heterocycles. The molecule has 2 N–H and O–H groups in total. The van der Waals surface area contributed by atoms with Crippen molar-refractivity contribution in [2.24, 2.45) is 7.05 Å². The van der Waals surface area contributed by atoms with Gasteiger partial charge in [-0.25, -0.2) is 0 Å². The van der Waals surface area contributed by atoms with Gasteiger partial charge in [0.15, 0.2) is 0 Å². The lowest BCUT2D eigenvalue weighted by atomic mass is 9.96. The first kappa shape index (κ1) is 15.0. The lowest BCUT2D eigenvalue weighted by molar-refractivity contribution is 0.0566. The number of aryl methyl sites for hydroxylation is 2. The van der Waals surface area contributed by atoms with E-state index in [4.69, 9.17) is 11.6 Å². The molecule has 0 aliphatic carbocycles. The van der Waals surface area contributed by atoms with Crippen LogP contribution in [0.25, 0.3) is 0 Å². The highest BCUT2D eigenvalue weighted by molar-refractivity contribution is 6.30. The zero-order chi connectivity index (χ0) is 14.8. The lowest BCUT2D eigenvalue weighted by Gasteiger charge is -2.24. The number of nitrogens with one attached hydrogen (secondary N) is 1. The summed E-state index contributed by atoms with van der Waals surface area (Å²) in [7, 11) is 1.82. The van der Waals surface area contributed by atoms with Crippen molar-refractivity contribution in [2.45, 2.75) is 26.0 Å². The zero-order valence-electron chi connectivity index (χ0n) is 12.0. The molecule has 2 rings (SSSR count). The van der Waals surface area contributed by atoms with E-state index in [2.05, 4.69) is 10.4 Å². The molecule has 0 saturated carbocycles. The monoisotopic (exact) mass is 293 g/mol. The second-order valence-electron chi connectivity index (χ2n) is 5.22. The van der Waals surface area contributed by atoms with Crippen LogP contribution in [0.5, 0.6) is 0 Å². The molecule has 2 aromatic rings. The van der Waals surface area contributed by atoms with Crippen LogP contribution >= 0.6 is 11.6 Å². The molecule has 1 aromatic carbocycles. The van der Waals surface area contributed by atoms with Crippen molar-refractivity contribution < 1.29 is 5.11 Å². The van der Waals surface area contributed by atoms with Gasteiger partial charge in [-0.15, -0.1) is 0 Å². The SMILES string of the molecule is Cc1nn(C)c(Cl)c1CNCC(C)(O)c1ccccc1. The Balaban J connectivity index is 1.99. The summed E-state index contributed by atoms with van der Waals surface area (Å²) in [5.74, 6) is 0. The molecule has 0 aliphatic rings. The van der Waals surface area contributed by atoms with Gasteiger partial charge in [-0.2, -0.15) is 5.10 Å². The van der Waals surface area contributed by atoms with Crippen LogP contribution in [-0.4, -0.2) is 21.4 Å². The Hall–Kier alpha value is -1.36. The molecule has 1 aromatic heterocycles. The minimum atomic E-state index is -0.913. The third-order valence-electron chi connectivity index (χ3n) is 3.44. The van der Waals surface area contributed by atoms with E-state index in [-0.39, 0.29) is 0 Å². The van der Waals surface area contributed by atoms with Gasteiger partial charge in [0.1, 0.15) is 5.15 Å². The van der Waals surface area contributed by atoms with Crippen LogP contribution < -0.4 is 5.32 Å². The Labute approximate surface area is 124 Å². The highest BCUT2D eigenvalue weighted by Crippen LogP contribution is 2.21. The highest BCUT2D eigenvalue weighted by Gasteiger charge is 2.22. The molecule has 0 amide bonds. The number of rotatable bonds is 5. The van der Waals surface area contributed by atoms with Gasteiger partial charge in [0.05, 0.1) is 11.3 Å². The molecular weight excluding hydrogens is 274 g/mol. The predicted molar refractivity (Wildman–Crippen MR) is 80.7 cm³/mol. The topological polar surface area (TPSA) is 50.1 Å². The molecule has 1 unspecified atom stereocenters. The fraction of sp³-hybridized carbons (Fsp3) is 0.400. The predicted octanol–water partition coefficient (Wildman–Crippen LogP) is 2.38. The molecule has 0 bridgehead atoms. The van der Waals surface area contributed by atoms with Crippen molar-refractivity contribution in [3.05, 3.63) is 52.3 Å². The van der Waals surface area contributed by atoms with Crippen molar-refractivity contribution in [2.75, 3.05) is 6.54 Å². The van der Waals surface area contributed by atoms with Crippen LogP contribution in [0.4, 0.5) is 0 Å². The minimum Gasteiger partial charge on any atom is -0.384 e. The number of benzene rings is 1. The maximum absolute atomic E-state index is 10.5. The van der Waals surface area contributed by atoms with Gasteiger partial charge in [-0.1, -0.05) is 41.9 Å². The molecule has 5 heteroatoms. The maximum atomic E-state index is 10.5. The molecule has 1 atom stereocenters. The quantitative estimate of drug-likeness (QED) is 0.890. The Morgan fingerprint density at radius 2 is 2.00 bits per heavy atom. The smallest absolute Gasteiger partial charge is 0.131 e. The fourth-order valence-electron chi connectivity index (χ4n) is 2.20. The summed E-state index contributed by atoms with van der Waals surface area (Å²) in [4.78, 5) is 0. The van der Waals surface area contributed by atoms with Gasteiger partial charge in [-0.3, -0.25) is 4.68 Å². The summed E-state index contributed by atoms with van der Waals surface area (Å²) in [6.45, 7) is 4.76. The van der Waals surface area contributed by atoms with E-state index in [9.17, 15) is 5.11 Å². The lowest BCUT2D eigenvalue weighted by Crippen LogP contribution is -2.35. The average molecular weight is 294 g/mol. The summed E-state index contributed by atoms with van der Waals surface area (Å²) < 4.78 is 1.66. The van der Waals surface area contributed by atoms with Crippen molar-refractivity contribution in [1.29, 1.82) is 0 Å². The molecule has 0 saturated heterocycles. The number of aliphatic hydroxyl groups is 1. The molecular formula is C15H20ClN3O. The van der Waals surface area contributed by atoms with E-state index in [1.807, 2.05) is 44.3 Å². The van der Waals surface area contributed by atoms with E-state index in [1.54, 1.807) is 11.6 Å². The van der Waals surface area contributed by atoms with Gasteiger partial charge < -0.3 is 10.4 Å². The minimum absolute atomic E-state index is 0.446. The van der Waals surface area contributed by atoms with E-state index in [1.165, 1.54) is 0 Å². The fourth-order valence-corrected chi connectivity index (χ4v) is 2.45. The molecule has 108 valence electrons. The summed E-state index contributed by atoms with van der Waals surface area (Å²) in [5.41, 5.74) is 1.85. The van der Waals surface area contributed by atoms with Gasteiger partial charge in [0, 0.05) is 25.7 Å². The Bertz CT molecular complexity index is 578. The molecule has 20 heavy (non-hydrogen) atoms. The van der Waals surface area contributed by atoms with Crippen LogP contribution in [0.2, 0.25) is 5.15 Å². The van der Waals surface area contributed by atoms with Gasteiger partial charge in [0.25, 0.3) is 0 Å². The molecule has 0 spiro atoms. The first-order valence-corrected chi connectivity index (χ1v) is 6.96. The highest BCUT2D eigenvalue weighted by atomic mass is 35.5. The van der Waals surface area contributed by atoms with Crippen LogP contribution in [-0.2, 0) is 19.2 Å². The van der Waals surface area contributed by atoms with Crippen LogP contribution in [0.1, 0.15) is 23.7 Å². The summed E-state index contributed by atoms with van der Waals surface area (Å²) in [6.07, 6.45) is 0. The number of aromatic nitrogens is 2. The van der Waals surface area contributed by atoms with Gasteiger partial charge in [-0.05, 0) is 19.4 Å². The number of halogens is 1. The van der Waals surface area contributed by atoms with Crippen molar-refractivity contribution in [1.82, 2.24) is 15.1 Å². The van der Waals surface area contributed by atoms with E-state index >= 15 is 0 Å². The first-order chi connectivity index (χ1) is 9.42. The summed E-state index contributed by atoms with van der Waals surface area (Å²) in [5, 5.41) is 18.6. The van der Waals surface area contributed by atoms with E-state index in [0.29, 0.717) is 18.2 Å². The summed E-state index contributed by atoms with van der Waals surface area (Å²) in [6, 6.07) is 9.62. The molecule has 0 aliphatic heterocycles. The zero-order valence-corrected chi connectivity index (χ0v) is 12.8. The van der Waals surface area contributed by atoms with Gasteiger partial charge in [0.2, 0.25) is 0 Å². The van der Waals surface area contributed by atoms with Crippen molar-refractivity contribution >= 4 is 11.6 Å². The largest absolute Gasteiger partial charge is 0.384 e. The van der Waals surface area contributed by atoms with E-state index in [0.717, 1.165) is 16.8 Å². The van der Waals surface area contributed by atoms with Crippen molar-refractivity contribution in [3.63, 3.8) is 0 Å². The molecule has 0 radical (unpaired) electrons. The third-order valence-corrected chi connectivity index (χ3v) is 3.91. The third kappa shape index (κ3) is 3.20. The van der Waals surface area contributed by atoms with Crippen LogP contribution in [0.15, 0.2) is 30.3 Å².